The van der Waals surface area contributed by atoms with Gasteiger partial charge in [-0.1, -0.05) is 0 Å². The molecule has 1 aromatic rings. The summed E-state index contributed by atoms with van der Waals surface area (Å²) in [5.41, 5.74) is 9.64. The molecule has 2 atom stereocenters. The minimum Gasteiger partial charge on any atom is -0.493 e. The molecule has 1 aromatic carbocycles. The molecule has 4 heteroatoms. The van der Waals surface area contributed by atoms with Gasteiger partial charge in [0.25, 0.3) is 0 Å². The monoisotopic (exact) mass is 278 g/mol. The first-order valence-corrected chi connectivity index (χ1v) is 7.15. The quantitative estimate of drug-likeness (QED) is 0.918. The summed E-state index contributed by atoms with van der Waals surface area (Å²) in [5, 5.41) is 0. The van der Waals surface area contributed by atoms with Crippen LogP contribution in [0.3, 0.4) is 0 Å². The second-order valence-corrected chi connectivity index (χ2v) is 5.76. The topological polar surface area (TPSA) is 47.7 Å². The number of nitrogens with zero attached hydrogens (tertiary/aromatic N) is 1. The number of rotatable bonds is 4. The Labute approximate surface area is 121 Å². The van der Waals surface area contributed by atoms with Crippen LogP contribution in [0.15, 0.2) is 6.07 Å². The molecule has 0 bridgehead atoms. The van der Waals surface area contributed by atoms with Gasteiger partial charge in [0.05, 0.1) is 14.2 Å². The summed E-state index contributed by atoms with van der Waals surface area (Å²) in [6.07, 6.45) is 1.12. The number of methoxy groups -OCH3 is 2. The third kappa shape index (κ3) is 2.50. The predicted molar refractivity (Wildman–Crippen MR) is 81.6 cm³/mol. The highest BCUT2D eigenvalue weighted by Gasteiger charge is 2.32. The third-order valence-electron chi connectivity index (χ3n) is 4.47. The lowest BCUT2D eigenvalue weighted by atomic mass is 9.91. The molecule has 0 saturated carbocycles. The normalized spacial score (nSPS) is 23.1. The smallest absolute Gasteiger partial charge is 0.163 e. The lowest BCUT2D eigenvalue weighted by Gasteiger charge is -2.25. The Morgan fingerprint density at radius 3 is 2.50 bits per heavy atom. The van der Waals surface area contributed by atoms with Gasteiger partial charge in [-0.05, 0) is 62.5 Å². The highest BCUT2D eigenvalue weighted by molar-refractivity contribution is 5.54. The number of aryl methyl sites for hydroxylation is 1. The maximum atomic E-state index is 5.84. The molecular formula is C16H26N2O2. The maximum absolute atomic E-state index is 5.84. The molecule has 4 nitrogen and oxygen atoms in total. The summed E-state index contributed by atoms with van der Waals surface area (Å²) in [5.74, 6) is 2.23. The van der Waals surface area contributed by atoms with Gasteiger partial charge in [0.1, 0.15) is 0 Å². The molecule has 0 radical (unpaired) electrons. The predicted octanol–water partition coefficient (Wildman–Crippen LogP) is 2.27. The first kappa shape index (κ1) is 15.1. The van der Waals surface area contributed by atoms with Crippen molar-refractivity contribution >= 4 is 0 Å². The molecule has 1 fully saturated rings. The second kappa shape index (κ2) is 6.02. The van der Waals surface area contributed by atoms with E-state index in [1.165, 1.54) is 16.7 Å². The number of hydrogen-bond donors (Lipinski definition) is 1. The molecule has 0 amide bonds. The molecule has 0 spiro atoms. The molecule has 2 unspecified atom stereocenters. The summed E-state index contributed by atoms with van der Waals surface area (Å²) in [7, 11) is 5.56. The fraction of sp³-hybridized carbons (Fsp3) is 0.625. The zero-order valence-corrected chi connectivity index (χ0v) is 13.2. The number of hydrogen-bond acceptors (Lipinski definition) is 4. The van der Waals surface area contributed by atoms with Gasteiger partial charge in [-0.3, -0.25) is 4.90 Å². The van der Waals surface area contributed by atoms with Crippen molar-refractivity contribution in [2.45, 2.75) is 26.3 Å². The van der Waals surface area contributed by atoms with Crippen molar-refractivity contribution in [3.63, 3.8) is 0 Å². The van der Waals surface area contributed by atoms with Crippen LogP contribution in [0.4, 0.5) is 0 Å². The highest BCUT2D eigenvalue weighted by Crippen LogP contribution is 2.43. The average molecular weight is 278 g/mol. The van der Waals surface area contributed by atoms with E-state index in [1.54, 1.807) is 14.2 Å². The molecular weight excluding hydrogens is 252 g/mol. The zero-order chi connectivity index (χ0) is 14.9. The fourth-order valence-electron chi connectivity index (χ4n) is 3.47. The summed E-state index contributed by atoms with van der Waals surface area (Å²) in [6, 6.07) is 2.49. The fourth-order valence-corrected chi connectivity index (χ4v) is 3.47. The zero-order valence-electron chi connectivity index (χ0n) is 13.2. The van der Waals surface area contributed by atoms with Crippen molar-refractivity contribution < 1.29 is 9.47 Å². The summed E-state index contributed by atoms with van der Waals surface area (Å²) >= 11 is 0. The molecule has 0 aliphatic carbocycles. The van der Waals surface area contributed by atoms with E-state index >= 15 is 0 Å². The Bertz CT molecular complexity index is 488. The van der Waals surface area contributed by atoms with E-state index in [1.807, 2.05) is 0 Å². The van der Waals surface area contributed by atoms with Crippen LogP contribution < -0.4 is 15.2 Å². The van der Waals surface area contributed by atoms with Gasteiger partial charge in [0, 0.05) is 12.6 Å². The van der Waals surface area contributed by atoms with Crippen LogP contribution in [0.5, 0.6) is 11.5 Å². The first-order chi connectivity index (χ1) is 9.53. The van der Waals surface area contributed by atoms with E-state index in [-0.39, 0.29) is 0 Å². The Hall–Kier alpha value is -1.26. The maximum Gasteiger partial charge on any atom is 0.163 e. The summed E-state index contributed by atoms with van der Waals surface area (Å²) in [4.78, 5) is 2.40. The van der Waals surface area contributed by atoms with E-state index in [0.717, 1.165) is 31.0 Å². The lowest BCUT2D eigenvalue weighted by Crippen LogP contribution is -2.21. The molecule has 1 saturated heterocycles. The molecule has 1 aliphatic rings. The van der Waals surface area contributed by atoms with E-state index in [9.17, 15) is 0 Å². The molecule has 0 aromatic heterocycles. The van der Waals surface area contributed by atoms with Gasteiger partial charge >= 0.3 is 0 Å². The van der Waals surface area contributed by atoms with Crippen LogP contribution >= 0.6 is 0 Å². The SMILES string of the molecule is COc1cc(C)c(C2CC(CN)CN2C)c(C)c1OC. The lowest BCUT2D eigenvalue weighted by molar-refractivity contribution is 0.308. The number of ether oxygens (including phenoxy) is 2. The van der Waals surface area contributed by atoms with Gasteiger partial charge in [0.2, 0.25) is 0 Å². The van der Waals surface area contributed by atoms with Crippen LogP contribution in [0.1, 0.15) is 29.2 Å². The Morgan fingerprint density at radius 2 is 2.00 bits per heavy atom. The van der Waals surface area contributed by atoms with Crippen LogP contribution in [0, 0.1) is 19.8 Å². The van der Waals surface area contributed by atoms with E-state index < -0.39 is 0 Å². The van der Waals surface area contributed by atoms with E-state index in [2.05, 4.69) is 31.9 Å². The van der Waals surface area contributed by atoms with E-state index in [4.69, 9.17) is 15.2 Å². The molecule has 2 rings (SSSR count). The van der Waals surface area contributed by atoms with E-state index in [0.29, 0.717) is 12.0 Å². The van der Waals surface area contributed by atoms with Gasteiger partial charge in [-0.2, -0.15) is 0 Å². The second-order valence-electron chi connectivity index (χ2n) is 5.76. The molecule has 1 aliphatic heterocycles. The third-order valence-corrected chi connectivity index (χ3v) is 4.47. The number of likely N-dealkylation sites (tertiary alicyclic amines) is 1. The van der Waals surface area contributed by atoms with Crippen LogP contribution in [0.25, 0.3) is 0 Å². The number of benzene rings is 1. The van der Waals surface area contributed by atoms with Crippen molar-refractivity contribution in [1.82, 2.24) is 4.90 Å². The van der Waals surface area contributed by atoms with Crippen molar-refractivity contribution in [3.05, 3.63) is 22.8 Å². The molecule has 1 heterocycles. The Balaban J connectivity index is 2.47. The van der Waals surface area contributed by atoms with Gasteiger partial charge in [0.15, 0.2) is 11.5 Å². The van der Waals surface area contributed by atoms with Crippen molar-refractivity contribution in [2.75, 3.05) is 34.4 Å². The minimum atomic E-state index is 0.420. The average Bonchev–Trinajstić information content (AvgIpc) is 2.79. The molecule has 20 heavy (non-hydrogen) atoms. The van der Waals surface area contributed by atoms with Crippen molar-refractivity contribution in [3.8, 4) is 11.5 Å². The summed E-state index contributed by atoms with van der Waals surface area (Å²) < 4.78 is 11.0. The largest absolute Gasteiger partial charge is 0.493 e. The van der Waals surface area contributed by atoms with Crippen LogP contribution in [-0.4, -0.2) is 39.3 Å². The standard InChI is InChI=1S/C16H26N2O2/c1-10-6-14(19-4)16(20-5)11(2)15(10)13-7-12(8-17)9-18(13)3/h6,12-13H,7-9,17H2,1-5H3. The van der Waals surface area contributed by atoms with Crippen molar-refractivity contribution in [2.24, 2.45) is 11.7 Å². The van der Waals surface area contributed by atoms with Crippen LogP contribution in [0.2, 0.25) is 0 Å². The highest BCUT2D eigenvalue weighted by atomic mass is 16.5. The summed E-state index contributed by atoms with van der Waals surface area (Å²) in [6.45, 7) is 6.09. The Kier molecular flexibility index (Phi) is 4.55. The van der Waals surface area contributed by atoms with Gasteiger partial charge in [-0.15, -0.1) is 0 Å². The van der Waals surface area contributed by atoms with Gasteiger partial charge < -0.3 is 15.2 Å². The number of nitrogens with two attached hydrogens (primary N) is 1. The molecule has 2 N–H and O–H groups in total. The van der Waals surface area contributed by atoms with Gasteiger partial charge in [-0.25, -0.2) is 0 Å². The van der Waals surface area contributed by atoms with Crippen LogP contribution in [-0.2, 0) is 0 Å². The Morgan fingerprint density at radius 1 is 1.30 bits per heavy atom. The minimum absolute atomic E-state index is 0.420. The first-order valence-electron chi connectivity index (χ1n) is 7.15. The molecule has 112 valence electrons. The van der Waals surface area contributed by atoms with Crippen molar-refractivity contribution in [1.29, 1.82) is 0 Å².